The molecule has 0 aliphatic rings. The molecule has 4 heteroatoms. The second-order valence-corrected chi connectivity index (χ2v) is 4.39. The fourth-order valence-corrected chi connectivity index (χ4v) is 2.19. The molecule has 20 heavy (non-hydrogen) atoms. The van der Waals surface area contributed by atoms with Crippen LogP contribution in [-0.4, -0.2) is 10.1 Å². The first-order chi connectivity index (χ1) is 9.75. The third kappa shape index (κ3) is 2.19. The molecule has 2 aromatic heterocycles. The molecule has 4 nitrogen and oxygen atoms in total. The van der Waals surface area contributed by atoms with E-state index in [0.717, 1.165) is 5.56 Å². The van der Waals surface area contributed by atoms with E-state index in [1.54, 1.807) is 4.57 Å². The summed E-state index contributed by atoms with van der Waals surface area (Å²) in [6.07, 6.45) is 3.64. The minimum Gasteiger partial charge on any atom is -0.490 e. The monoisotopic (exact) mass is 265 g/mol. The van der Waals surface area contributed by atoms with Crippen LogP contribution in [0.3, 0.4) is 0 Å². The summed E-state index contributed by atoms with van der Waals surface area (Å²) in [4.78, 5) is 14.1. The van der Waals surface area contributed by atoms with E-state index in [0.29, 0.717) is 11.3 Å². The first-order valence-corrected chi connectivity index (χ1v) is 6.24. The molecule has 0 amide bonds. The molecule has 0 saturated heterocycles. The standard InChI is InChI=1S/C16H12N2O2/c19-14-11-13(12-7-3-1-4-8-12)15(16(20)17-14)18-9-5-2-6-10-18/h1-11H,(H-,17,19,20)/p+1. The van der Waals surface area contributed by atoms with Gasteiger partial charge >= 0.3 is 0 Å². The second kappa shape index (κ2) is 5.01. The van der Waals surface area contributed by atoms with Gasteiger partial charge in [-0.25, -0.2) is 0 Å². The van der Waals surface area contributed by atoms with Crippen LogP contribution >= 0.6 is 0 Å². The fourth-order valence-electron chi connectivity index (χ4n) is 2.19. The predicted octanol–water partition coefficient (Wildman–Crippen LogP) is 2.02. The van der Waals surface area contributed by atoms with E-state index in [9.17, 15) is 9.90 Å². The van der Waals surface area contributed by atoms with Crippen LogP contribution in [0.5, 0.6) is 5.88 Å². The first-order valence-electron chi connectivity index (χ1n) is 6.24. The van der Waals surface area contributed by atoms with Crippen LogP contribution < -0.4 is 10.1 Å². The van der Waals surface area contributed by atoms with Crippen molar-refractivity contribution in [2.45, 2.75) is 0 Å². The van der Waals surface area contributed by atoms with Gasteiger partial charge in [-0.1, -0.05) is 36.4 Å². The molecule has 0 aliphatic heterocycles. The van der Waals surface area contributed by atoms with Gasteiger partial charge in [0.15, 0.2) is 12.4 Å². The van der Waals surface area contributed by atoms with Crippen molar-refractivity contribution in [1.29, 1.82) is 0 Å². The number of benzene rings is 1. The number of rotatable bonds is 2. The molecular formula is C16H13N2O2+. The van der Waals surface area contributed by atoms with Gasteiger partial charge in [0.25, 0.3) is 17.1 Å². The Morgan fingerprint density at radius 1 is 0.950 bits per heavy atom. The average molecular weight is 265 g/mol. The Labute approximate surface area is 115 Å². The highest BCUT2D eigenvalue weighted by molar-refractivity contribution is 5.72. The van der Waals surface area contributed by atoms with Crippen LogP contribution in [0.15, 0.2) is 71.8 Å². The number of aromatic hydroxyl groups is 1. The van der Waals surface area contributed by atoms with Crippen molar-refractivity contribution in [3.05, 3.63) is 77.3 Å². The molecule has 2 N–H and O–H groups in total. The number of hydrogen-bond acceptors (Lipinski definition) is 2. The third-order valence-corrected chi connectivity index (χ3v) is 3.06. The summed E-state index contributed by atoms with van der Waals surface area (Å²) in [5, 5.41) is 10.1. The van der Waals surface area contributed by atoms with Crippen LogP contribution in [0.25, 0.3) is 16.8 Å². The maximum atomic E-state index is 11.6. The molecule has 0 fully saturated rings. The summed E-state index contributed by atoms with van der Waals surface area (Å²) in [5.41, 5.74) is 1.78. The van der Waals surface area contributed by atoms with E-state index in [4.69, 9.17) is 0 Å². The number of pyridine rings is 2. The Kier molecular flexibility index (Phi) is 3.05. The van der Waals surface area contributed by atoms with Crippen molar-refractivity contribution in [3.8, 4) is 22.7 Å². The van der Waals surface area contributed by atoms with Crippen LogP contribution in [0.1, 0.15) is 0 Å². The van der Waals surface area contributed by atoms with Gasteiger partial charge in [0, 0.05) is 18.2 Å². The van der Waals surface area contributed by atoms with Gasteiger partial charge in [0.1, 0.15) is 0 Å². The highest BCUT2D eigenvalue weighted by Crippen LogP contribution is 2.26. The molecule has 0 atom stereocenters. The lowest BCUT2D eigenvalue weighted by molar-refractivity contribution is -0.595. The Balaban J connectivity index is 2.32. The minimum absolute atomic E-state index is 0.146. The summed E-state index contributed by atoms with van der Waals surface area (Å²) in [6.45, 7) is 0. The van der Waals surface area contributed by atoms with Crippen LogP contribution in [0.2, 0.25) is 0 Å². The molecule has 0 spiro atoms. The van der Waals surface area contributed by atoms with Gasteiger partial charge in [-0.3, -0.25) is 9.78 Å². The highest BCUT2D eigenvalue weighted by atomic mass is 16.3. The summed E-state index contributed by atoms with van der Waals surface area (Å²) in [7, 11) is 0. The second-order valence-electron chi connectivity index (χ2n) is 4.39. The SMILES string of the molecule is O=c1cc(-c2ccccc2)c(-[n+]2ccccc2)c(O)[nH]1. The van der Waals surface area contributed by atoms with E-state index < -0.39 is 0 Å². The van der Waals surface area contributed by atoms with Crippen molar-refractivity contribution in [3.63, 3.8) is 0 Å². The van der Waals surface area contributed by atoms with Gasteiger partial charge in [-0.2, -0.15) is 4.57 Å². The Morgan fingerprint density at radius 2 is 1.60 bits per heavy atom. The van der Waals surface area contributed by atoms with Crippen molar-refractivity contribution in [2.75, 3.05) is 0 Å². The quantitative estimate of drug-likeness (QED) is 0.696. The number of nitrogens with one attached hydrogen (secondary N) is 1. The first kappa shape index (κ1) is 12.2. The van der Waals surface area contributed by atoms with Gasteiger partial charge in [-0.05, 0) is 5.56 Å². The summed E-state index contributed by atoms with van der Waals surface area (Å²) < 4.78 is 1.77. The normalized spacial score (nSPS) is 10.4. The zero-order valence-corrected chi connectivity index (χ0v) is 10.7. The lowest BCUT2D eigenvalue weighted by Gasteiger charge is -2.06. The molecule has 0 unspecified atom stereocenters. The van der Waals surface area contributed by atoms with E-state index in [2.05, 4.69) is 4.98 Å². The van der Waals surface area contributed by atoms with E-state index in [-0.39, 0.29) is 11.4 Å². The topological polar surface area (TPSA) is 57.0 Å². The molecule has 0 radical (unpaired) electrons. The summed E-state index contributed by atoms with van der Waals surface area (Å²) in [5.74, 6) is -0.146. The average Bonchev–Trinajstić information content (AvgIpc) is 2.48. The fraction of sp³-hybridized carbons (Fsp3) is 0. The van der Waals surface area contributed by atoms with Crippen LogP contribution in [0.4, 0.5) is 0 Å². The Hall–Kier alpha value is -2.88. The van der Waals surface area contributed by atoms with Gasteiger partial charge in [0.05, 0.1) is 5.56 Å². The smallest absolute Gasteiger partial charge is 0.279 e. The number of aromatic nitrogens is 2. The van der Waals surface area contributed by atoms with Crippen LogP contribution in [0, 0.1) is 0 Å². The van der Waals surface area contributed by atoms with Crippen LogP contribution in [-0.2, 0) is 0 Å². The number of nitrogens with zero attached hydrogens (tertiary/aromatic N) is 1. The molecule has 2 heterocycles. The van der Waals surface area contributed by atoms with Crippen molar-refractivity contribution < 1.29 is 9.67 Å². The Morgan fingerprint density at radius 3 is 2.30 bits per heavy atom. The largest absolute Gasteiger partial charge is 0.490 e. The summed E-state index contributed by atoms with van der Waals surface area (Å²) >= 11 is 0. The lowest BCUT2D eigenvalue weighted by atomic mass is 10.0. The predicted molar refractivity (Wildman–Crippen MR) is 75.7 cm³/mol. The van der Waals surface area contributed by atoms with E-state index in [1.807, 2.05) is 60.9 Å². The molecule has 98 valence electrons. The highest BCUT2D eigenvalue weighted by Gasteiger charge is 2.20. The molecule has 0 bridgehead atoms. The maximum absolute atomic E-state index is 11.6. The zero-order chi connectivity index (χ0) is 13.9. The van der Waals surface area contributed by atoms with Crippen molar-refractivity contribution >= 4 is 0 Å². The summed E-state index contributed by atoms with van der Waals surface area (Å²) in [6, 6.07) is 16.6. The molecular weight excluding hydrogens is 252 g/mol. The number of hydrogen-bond donors (Lipinski definition) is 2. The zero-order valence-electron chi connectivity index (χ0n) is 10.7. The third-order valence-electron chi connectivity index (χ3n) is 3.06. The molecule has 3 rings (SSSR count). The minimum atomic E-state index is -0.332. The Bertz CT molecular complexity index is 781. The molecule has 0 saturated carbocycles. The van der Waals surface area contributed by atoms with Crippen molar-refractivity contribution in [1.82, 2.24) is 4.98 Å². The number of H-pyrrole nitrogens is 1. The van der Waals surface area contributed by atoms with E-state index >= 15 is 0 Å². The van der Waals surface area contributed by atoms with Gasteiger partial charge in [0.2, 0.25) is 0 Å². The van der Waals surface area contributed by atoms with Crippen molar-refractivity contribution in [2.24, 2.45) is 0 Å². The molecule has 0 aliphatic carbocycles. The lowest BCUT2D eigenvalue weighted by Crippen LogP contribution is -2.31. The number of aromatic amines is 1. The molecule has 1 aromatic carbocycles. The van der Waals surface area contributed by atoms with Gasteiger partial charge in [-0.15, -0.1) is 0 Å². The molecule has 3 aromatic rings. The maximum Gasteiger partial charge on any atom is 0.279 e. The van der Waals surface area contributed by atoms with Gasteiger partial charge < -0.3 is 5.11 Å². The van der Waals surface area contributed by atoms with E-state index in [1.165, 1.54) is 6.07 Å².